The summed E-state index contributed by atoms with van der Waals surface area (Å²) in [6.45, 7) is 6.43. The molecule has 3 fully saturated rings. The predicted molar refractivity (Wildman–Crippen MR) is 144 cm³/mol. The predicted octanol–water partition coefficient (Wildman–Crippen LogP) is 4.29. The average molecular weight is 525 g/mol. The van der Waals surface area contributed by atoms with Crippen LogP contribution in [0.4, 0.5) is 5.82 Å². The van der Waals surface area contributed by atoms with Gasteiger partial charge in [-0.05, 0) is 93.4 Å². The average Bonchev–Trinajstić information content (AvgIpc) is 3.67. The topological polar surface area (TPSA) is 88.8 Å². The fourth-order valence-corrected chi connectivity index (χ4v) is 6.77. The van der Waals surface area contributed by atoms with Gasteiger partial charge in [0.25, 0.3) is 0 Å². The van der Waals surface area contributed by atoms with Gasteiger partial charge in [0, 0.05) is 42.2 Å². The highest BCUT2D eigenvalue weighted by atomic mass is 35.5. The van der Waals surface area contributed by atoms with Crippen molar-refractivity contribution in [3.05, 3.63) is 58.7 Å². The van der Waals surface area contributed by atoms with Gasteiger partial charge in [-0.2, -0.15) is 0 Å². The largest absolute Gasteiger partial charge is 0.466 e. The van der Waals surface area contributed by atoms with Gasteiger partial charge in [0.15, 0.2) is 0 Å². The summed E-state index contributed by atoms with van der Waals surface area (Å²) >= 11 is 6.15. The van der Waals surface area contributed by atoms with Crippen LogP contribution in [0.2, 0.25) is 5.02 Å². The van der Waals surface area contributed by atoms with Gasteiger partial charge in [-0.1, -0.05) is 23.7 Å². The lowest BCUT2D eigenvalue weighted by molar-refractivity contribution is -0.146. The molecule has 3 heterocycles. The molecule has 0 radical (unpaired) electrons. The number of aromatic nitrogens is 1. The molecule has 1 amide bonds. The first-order valence-corrected chi connectivity index (χ1v) is 13.9. The Hall–Kier alpha value is -2.64. The zero-order valence-electron chi connectivity index (χ0n) is 21.6. The molecule has 5 rings (SSSR count). The molecule has 7 nitrogen and oxygen atoms in total. The number of ether oxygens (including phenoxy) is 1. The van der Waals surface area contributed by atoms with Crippen molar-refractivity contribution in [3.8, 4) is 0 Å². The van der Waals surface area contributed by atoms with E-state index in [1.165, 1.54) is 5.56 Å². The molecule has 1 aliphatic carbocycles. The second-order valence-electron chi connectivity index (χ2n) is 10.8. The maximum Gasteiger partial charge on any atom is 0.309 e. The number of anilines is 1. The van der Waals surface area contributed by atoms with E-state index in [0.717, 1.165) is 70.4 Å². The highest BCUT2D eigenvalue weighted by molar-refractivity contribution is 6.30. The number of hydrogen-bond donors (Lipinski definition) is 1. The molecular weight excluding hydrogens is 488 g/mol. The summed E-state index contributed by atoms with van der Waals surface area (Å²) in [5.74, 6) is 1.07. The number of benzene rings is 1. The minimum Gasteiger partial charge on any atom is -0.466 e. The van der Waals surface area contributed by atoms with Crippen molar-refractivity contribution in [2.45, 2.75) is 51.0 Å². The zero-order chi connectivity index (χ0) is 26.0. The van der Waals surface area contributed by atoms with Crippen LogP contribution in [0, 0.1) is 17.8 Å². The summed E-state index contributed by atoms with van der Waals surface area (Å²) in [5.41, 5.74) is 7.95. The third-order valence-corrected chi connectivity index (χ3v) is 8.93. The molecule has 1 aromatic heterocycles. The second-order valence-corrected chi connectivity index (χ2v) is 11.2. The van der Waals surface area contributed by atoms with E-state index in [0.29, 0.717) is 29.3 Å². The molecule has 37 heavy (non-hydrogen) atoms. The lowest BCUT2D eigenvalue weighted by Crippen LogP contribution is -2.47. The van der Waals surface area contributed by atoms with Crippen molar-refractivity contribution in [2.24, 2.45) is 17.8 Å². The van der Waals surface area contributed by atoms with Crippen LogP contribution in [0.25, 0.3) is 0 Å². The fraction of sp³-hybridized carbons (Fsp3) is 0.552. The number of esters is 1. The number of halogens is 1. The number of carbonyl (C=O) groups excluding carboxylic acids is 2. The van der Waals surface area contributed by atoms with Crippen molar-refractivity contribution >= 4 is 29.3 Å². The van der Waals surface area contributed by atoms with Crippen LogP contribution >= 0.6 is 11.6 Å². The van der Waals surface area contributed by atoms with Crippen LogP contribution in [0.3, 0.4) is 0 Å². The first-order chi connectivity index (χ1) is 17.9. The van der Waals surface area contributed by atoms with Gasteiger partial charge in [-0.15, -0.1) is 0 Å². The summed E-state index contributed by atoms with van der Waals surface area (Å²) < 4.78 is 5.40. The molecule has 0 spiro atoms. The van der Waals surface area contributed by atoms with Gasteiger partial charge in [0.2, 0.25) is 5.91 Å². The lowest BCUT2D eigenvalue weighted by atomic mass is 9.75. The van der Waals surface area contributed by atoms with Crippen LogP contribution in [0.1, 0.15) is 50.2 Å². The minimum atomic E-state index is -0.201. The Morgan fingerprint density at radius 1 is 1.08 bits per heavy atom. The van der Waals surface area contributed by atoms with Gasteiger partial charge in [0.1, 0.15) is 5.82 Å². The van der Waals surface area contributed by atoms with Crippen LogP contribution < -0.4 is 5.73 Å². The Morgan fingerprint density at radius 3 is 2.43 bits per heavy atom. The number of hydrogen-bond acceptors (Lipinski definition) is 6. The number of amides is 1. The maximum absolute atomic E-state index is 13.4. The molecule has 1 saturated carbocycles. The summed E-state index contributed by atoms with van der Waals surface area (Å²) in [7, 11) is 0. The fourth-order valence-electron chi connectivity index (χ4n) is 6.64. The number of nitrogen functional groups attached to an aromatic ring is 1. The molecule has 198 valence electrons. The van der Waals surface area contributed by atoms with Gasteiger partial charge < -0.3 is 15.4 Å². The monoisotopic (exact) mass is 524 g/mol. The molecule has 2 aliphatic heterocycles. The Labute approximate surface area is 224 Å². The number of carbonyl (C=O) groups is 2. The molecule has 1 aromatic carbocycles. The van der Waals surface area contributed by atoms with Gasteiger partial charge >= 0.3 is 5.97 Å². The Bertz CT molecular complexity index is 1110. The summed E-state index contributed by atoms with van der Waals surface area (Å²) in [4.78, 5) is 34.6. The Morgan fingerprint density at radius 2 is 1.78 bits per heavy atom. The number of pyridine rings is 1. The van der Waals surface area contributed by atoms with Crippen molar-refractivity contribution in [2.75, 3.05) is 38.5 Å². The van der Waals surface area contributed by atoms with E-state index in [4.69, 9.17) is 22.1 Å². The molecule has 2 N–H and O–H groups in total. The Balaban J connectivity index is 1.17. The first-order valence-electron chi connectivity index (χ1n) is 13.5. The highest BCUT2D eigenvalue weighted by Gasteiger charge is 2.64. The van der Waals surface area contributed by atoms with Gasteiger partial charge in [0.05, 0.1) is 12.5 Å². The summed E-state index contributed by atoms with van der Waals surface area (Å²) in [5, 5.41) is 0.698. The number of piperidine rings is 2. The Kier molecular flexibility index (Phi) is 7.72. The third kappa shape index (κ3) is 5.48. The number of rotatable bonds is 7. The molecule has 0 bridgehead atoms. The van der Waals surface area contributed by atoms with Crippen LogP contribution in [-0.2, 0) is 26.3 Å². The van der Waals surface area contributed by atoms with E-state index < -0.39 is 0 Å². The first kappa shape index (κ1) is 26.0. The normalized spacial score (nSPS) is 25.1. The minimum absolute atomic E-state index is 0.0914. The number of likely N-dealkylation sites (tertiary alicyclic amines) is 2. The molecule has 2 saturated heterocycles. The van der Waals surface area contributed by atoms with E-state index in [9.17, 15) is 9.59 Å². The molecule has 2 atom stereocenters. The van der Waals surface area contributed by atoms with Gasteiger partial charge in [-0.25, -0.2) is 4.98 Å². The smallest absolute Gasteiger partial charge is 0.309 e. The number of nitrogens with two attached hydrogens (primary N) is 1. The van der Waals surface area contributed by atoms with E-state index in [1.807, 2.05) is 31.2 Å². The van der Waals surface area contributed by atoms with E-state index in [2.05, 4.69) is 26.9 Å². The van der Waals surface area contributed by atoms with E-state index in [-0.39, 0.29) is 23.2 Å². The van der Waals surface area contributed by atoms with E-state index in [1.54, 1.807) is 6.20 Å². The molecule has 2 aromatic rings. The summed E-state index contributed by atoms with van der Waals surface area (Å²) in [6.07, 6.45) is 6.16. The quantitative estimate of drug-likeness (QED) is 0.544. The van der Waals surface area contributed by atoms with Crippen LogP contribution in [-0.4, -0.2) is 59.4 Å². The maximum atomic E-state index is 13.4. The zero-order valence-corrected chi connectivity index (χ0v) is 22.3. The third-order valence-electron chi connectivity index (χ3n) is 8.68. The number of nitrogens with zero attached hydrogens (tertiary/aromatic N) is 3. The van der Waals surface area contributed by atoms with E-state index >= 15 is 0 Å². The van der Waals surface area contributed by atoms with Gasteiger partial charge in [-0.3, -0.25) is 14.5 Å². The lowest BCUT2D eigenvalue weighted by Gasteiger charge is -2.40. The summed E-state index contributed by atoms with van der Waals surface area (Å²) in [6, 6.07) is 11.9. The SMILES string of the molecule is CCOC(=O)[C@@H]1CC1(c1ccc(Cl)cc1)C1CCN(C(=O)C2CCN(Cc3ccnc(N)c3)CC2)CC1. The van der Waals surface area contributed by atoms with Crippen molar-refractivity contribution in [1.82, 2.24) is 14.8 Å². The molecule has 1 unspecified atom stereocenters. The molecule has 8 heteroatoms. The second kappa shape index (κ2) is 11.0. The van der Waals surface area contributed by atoms with Crippen molar-refractivity contribution in [1.29, 1.82) is 0 Å². The molecular formula is C29H37ClN4O3. The van der Waals surface area contributed by atoms with Crippen molar-refractivity contribution in [3.63, 3.8) is 0 Å². The highest BCUT2D eigenvalue weighted by Crippen LogP contribution is 2.62. The van der Waals surface area contributed by atoms with Crippen LogP contribution in [0.15, 0.2) is 42.6 Å². The standard InChI is InChI=1S/C29H37ClN4O3/c1-2-37-28(36)25-18-29(25,22-3-5-24(30)6-4-22)23-10-15-34(16-11-23)27(35)21-8-13-33(14-9-21)19-20-7-12-32-26(31)17-20/h3-7,12,17,21,23,25H,2,8-11,13-16,18-19H2,1H3,(H2,31,32)/t25-,29?/m0/s1. The van der Waals surface area contributed by atoms with Crippen molar-refractivity contribution < 1.29 is 14.3 Å². The molecule has 3 aliphatic rings. The van der Waals surface area contributed by atoms with Crippen LogP contribution in [0.5, 0.6) is 0 Å².